The van der Waals surface area contributed by atoms with E-state index in [-0.39, 0.29) is 6.10 Å². The van der Waals surface area contributed by atoms with Crippen LogP contribution in [0.15, 0.2) is 30.3 Å². The molecule has 1 heterocycles. The fourth-order valence-corrected chi connectivity index (χ4v) is 3.03. The minimum absolute atomic E-state index is 0.254. The Morgan fingerprint density at radius 2 is 2.11 bits per heavy atom. The van der Waals surface area contributed by atoms with Crippen molar-refractivity contribution in [3.63, 3.8) is 0 Å². The Labute approximate surface area is 115 Å². The average molecular weight is 265 g/mol. The smallest absolute Gasteiger partial charge is 0.0952 e. The summed E-state index contributed by atoms with van der Waals surface area (Å²) in [5.74, 6) is 1.22. The van der Waals surface area contributed by atoms with Crippen LogP contribution in [0.25, 0.3) is 0 Å². The van der Waals surface area contributed by atoms with Gasteiger partial charge in [0.2, 0.25) is 0 Å². The summed E-state index contributed by atoms with van der Waals surface area (Å²) >= 11 is 2.04. The molecule has 100 valence electrons. The first-order chi connectivity index (χ1) is 8.75. The summed E-state index contributed by atoms with van der Waals surface area (Å²) in [6.45, 7) is 8.65. The highest BCUT2D eigenvalue weighted by Gasteiger charge is 2.21. The molecule has 0 spiro atoms. The van der Waals surface area contributed by atoms with Crippen molar-refractivity contribution in [3.8, 4) is 0 Å². The second-order valence-electron chi connectivity index (χ2n) is 4.99. The predicted octanol–water partition coefficient (Wildman–Crippen LogP) is 3.20. The van der Waals surface area contributed by atoms with E-state index in [1.54, 1.807) is 0 Å². The molecule has 1 atom stereocenters. The van der Waals surface area contributed by atoms with E-state index >= 15 is 0 Å². The number of hydrogen-bond acceptors (Lipinski definition) is 3. The molecular formula is C15H23NOS. The molecule has 0 bridgehead atoms. The van der Waals surface area contributed by atoms with Gasteiger partial charge in [0.05, 0.1) is 12.7 Å². The highest BCUT2D eigenvalue weighted by molar-refractivity contribution is 7.99. The third-order valence-corrected chi connectivity index (χ3v) is 4.27. The van der Waals surface area contributed by atoms with E-state index < -0.39 is 0 Å². The van der Waals surface area contributed by atoms with Crippen molar-refractivity contribution in [2.45, 2.75) is 25.2 Å². The van der Waals surface area contributed by atoms with Crippen molar-refractivity contribution in [1.29, 1.82) is 0 Å². The Bertz CT molecular complexity index is 342. The van der Waals surface area contributed by atoms with Gasteiger partial charge in [-0.05, 0) is 10.8 Å². The molecule has 2 rings (SSSR count). The topological polar surface area (TPSA) is 12.5 Å². The molecule has 18 heavy (non-hydrogen) atoms. The Hall–Kier alpha value is -0.510. The van der Waals surface area contributed by atoms with Gasteiger partial charge < -0.3 is 4.74 Å². The van der Waals surface area contributed by atoms with Crippen molar-refractivity contribution >= 4 is 11.8 Å². The lowest BCUT2D eigenvalue weighted by Crippen LogP contribution is -2.39. The normalized spacial score (nSPS) is 21.4. The van der Waals surface area contributed by atoms with Crippen molar-refractivity contribution < 1.29 is 4.74 Å². The third-order valence-electron chi connectivity index (χ3n) is 3.18. The van der Waals surface area contributed by atoms with Crippen LogP contribution in [0.1, 0.15) is 25.5 Å². The summed E-state index contributed by atoms with van der Waals surface area (Å²) in [6.07, 6.45) is 0.254. The van der Waals surface area contributed by atoms with Crippen molar-refractivity contribution in [2.75, 3.05) is 32.0 Å². The number of thioether (sulfide) groups is 1. The monoisotopic (exact) mass is 265 g/mol. The zero-order valence-corrected chi connectivity index (χ0v) is 12.2. The van der Waals surface area contributed by atoms with Crippen LogP contribution in [-0.4, -0.2) is 42.1 Å². The molecule has 1 aromatic carbocycles. The van der Waals surface area contributed by atoms with Gasteiger partial charge in [0.25, 0.3) is 0 Å². The van der Waals surface area contributed by atoms with Crippen LogP contribution in [0.2, 0.25) is 0 Å². The number of nitrogens with zero attached hydrogens (tertiary/aromatic N) is 1. The van der Waals surface area contributed by atoms with E-state index in [1.165, 1.54) is 17.9 Å². The molecule has 3 heteroatoms. The van der Waals surface area contributed by atoms with Crippen LogP contribution in [0.3, 0.4) is 0 Å². The van der Waals surface area contributed by atoms with Crippen LogP contribution in [0.4, 0.5) is 0 Å². The Balaban J connectivity index is 1.81. The van der Waals surface area contributed by atoms with E-state index in [0.29, 0.717) is 0 Å². The first-order valence-corrected chi connectivity index (χ1v) is 7.81. The lowest BCUT2D eigenvalue weighted by Gasteiger charge is -2.33. The Morgan fingerprint density at radius 3 is 2.83 bits per heavy atom. The molecule has 1 saturated heterocycles. The molecule has 0 aliphatic carbocycles. The Morgan fingerprint density at radius 1 is 1.33 bits per heavy atom. The molecule has 0 saturated carbocycles. The molecular weight excluding hydrogens is 242 g/mol. The minimum atomic E-state index is 0.254. The lowest BCUT2D eigenvalue weighted by molar-refractivity contribution is -0.0278. The van der Waals surface area contributed by atoms with E-state index in [1.807, 2.05) is 11.8 Å². The van der Waals surface area contributed by atoms with Gasteiger partial charge in [0.15, 0.2) is 0 Å². The maximum Gasteiger partial charge on any atom is 0.0952 e. The highest BCUT2D eigenvalue weighted by Crippen LogP contribution is 2.22. The SMILES string of the molecule is CC(C)SCCN1CCO[C@@H](c2ccccc2)C1. The molecule has 0 unspecified atom stereocenters. The highest BCUT2D eigenvalue weighted by atomic mass is 32.2. The van der Waals surface area contributed by atoms with Crippen molar-refractivity contribution in [3.05, 3.63) is 35.9 Å². The van der Waals surface area contributed by atoms with Gasteiger partial charge in [-0.2, -0.15) is 11.8 Å². The largest absolute Gasteiger partial charge is 0.371 e. The first kappa shape index (κ1) is 13.9. The molecule has 1 fully saturated rings. The molecule has 0 N–H and O–H groups in total. The van der Waals surface area contributed by atoms with Gasteiger partial charge in [-0.25, -0.2) is 0 Å². The summed E-state index contributed by atoms with van der Waals surface area (Å²) in [5, 5.41) is 0.732. The fourth-order valence-electron chi connectivity index (χ4n) is 2.19. The number of ether oxygens (including phenoxy) is 1. The summed E-state index contributed by atoms with van der Waals surface area (Å²) < 4.78 is 5.87. The molecule has 1 aliphatic rings. The van der Waals surface area contributed by atoms with Gasteiger partial charge >= 0.3 is 0 Å². The van der Waals surface area contributed by atoms with E-state index in [9.17, 15) is 0 Å². The Kier molecular flexibility index (Phi) is 5.54. The van der Waals surface area contributed by atoms with Crippen LogP contribution in [-0.2, 0) is 4.74 Å². The van der Waals surface area contributed by atoms with Gasteiger partial charge in [-0.1, -0.05) is 44.2 Å². The van der Waals surface area contributed by atoms with Crippen LogP contribution >= 0.6 is 11.8 Å². The number of benzene rings is 1. The van der Waals surface area contributed by atoms with E-state index in [2.05, 4.69) is 49.1 Å². The molecule has 1 aliphatic heterocycles. The molecule has 1 aromatic rings. The predicted molar refractivity (Wildman–Crippen MR) is 79.2 cm³/mol. The third kappa shape index (κ3) is 4.30. The second-order valence-corrected chi connectivity index (χ2v) is 6.67. The van der Waals surface area contributed by atoms with Crippen molar-refractivity contribution in [1.82, 2.24) is 4.90 Å². The quantitative estimate of drug-likeness (QED) is 0.811. The van der Waals surface area contributed by atoms with Gasteiger partial charge in [-0.3, -0.25) is 4.90 Å². The lowest BCUT2D eigenvalue weighted by atomic mass is 10.1. The number of rotatable bonds is 5. The molecule has 0 amide bonds. The number of hydrogen-bond donors (Lipinski definition) is 0. The standard InChI is InChI=1S/C15H23NOS/c1-13(2)18-11-9-16-8-10-17-15(12-16)14-6-4-3-5-7-14/h3-7,13,15H,8-12H2,1-2H3/t15-/m1/s1. The average Bonchev–Trinajstić information content (AvgIpc) is 2.40. The van der Waals surface area contributed by atoms with Crippen LogP contribution in [0.5, 0.6) is 0 Å². The van der Waals surface area contributed by atoms with Gasteiger partial charge in [0, 0.05) is 25.4 Å². The van der Waals surface area contributed by atoms with E-state index in [0.717, 1.165) is 24.9 Å². The fraction of sp³-hybridized carbons (Fsp3) is 0.600. The molecule has 2 nitrogen and oxygen atoms in total. The number of morpholine rings is 1. The summed E-state index contributed by atoms with van der Waals surface area (Å²) in [7, 11) is 0. The maximum atomic E-state index is 5.87. The zero-order valence-electron chi connectivity index (χ0n) is 11.3. The van der Waals surface area contributed by atoms with Crippen LogP contribution in [0, 0.1) is 0 Å². The second kappa shape index (κ2) is 7.17. The van der Waals surface area contributed by atoms with Crippen molar-refractivity contribution in [2.24, 2.45) is 0 Å². The molecule has 0 radical (unpaired) electrons. The summed E-state index contributed by atoms with van der Waals surface area (Å²) in [5.41, 5.74) is 1.30. The maximum absolute atomic E-state index is 5.87. The first-order valence-electron chi connectivity index (χ1n) is 6.76. The van der Waals surface area contributed by atoms with E-state index in [4.69, 9.17) is 4.74 Å². The van der Waals surface area contributed by atoms with Gasteiger partial charge in [-0.15, -0.1) is 0 Å². The van der Waals surface area contributed by atoms with Crippen LogP contribution < -0.4 is 0 Å². The minimum Gasteiger partial charge on any atom is -0.371 e. The van der Waals surface area contributed by atoms with Gasteiger partial charge in [0.1, 0.15) is 0 Å². The molecule has 0 aromatic heterocycles. The zero-order chi connectivity index (χ0) is 12.8. The summed E-state index contributed by atoms with van der Waals surface area (Å²) in [4.78, 5) is 2.52. The summed E-state index contributed by atoms with van der Waals surface area (Å²) in [6, 6.07) is 10.6.